The zero-order chi connectivity index (χ0) is 47.0. The quantitative estimate of drug-likeness (QED) is 0.101. The fourth-order valence-corrected chi connectivity index (χ4v) is 12.2. The van der Waals surface area contributed by atoms with Gasteiger partial charge in [0.2, 0.25) is 0 Å². The van der Waals surface area contributed by atoms with Crippen molar-refractivity contribution in [1.82, 2.24) is 14.5 Å². The Kier molecular flexibility index (Phi) is 14.6. The Labute approximate surface area is 422 Å². The standard InChI is InChI=1S/C38H33N2S.C24H28NSi.Ir/c1-23(2)30-20-27(26-13-7-6-8-14-26)21-31(24(3)4)36(30)40-34-17-11-10-16-33(34)39-38(40)28-19-25(5)37-32(22-28)29-15-9-12-18-35(29)41-37;1-18(2)14-22-16-23(25-17-24(22)26(3,4)5)21-13-9-12-20(15-21)19-10-7-6-8-11-19;/h6-18,20-24H,1-5H3;6-12,15-18H,14H2,1-5H3;/q2*-1;. The molecule has 0 unspecified atom stereocenters. The smallest absolute Gasteiger partial charge is 0.0798 e. The number of hydrogen-bond donors (Lipinski definition) is 0. The molecule has 0 bridgehead atoms. The first kappa shape index (κ1) is 48.7. The third-order valence-electron chi connectivity index (χ3n) is 12.7. The van der Waals surface area contributed by atoms with Gasteiger partial charge in [-0.3, -0.25) is 4.98 Å². The summed E-state index contributed by atoms with van der Waals surface area (Å²) in [6.07, 6.45) is 3.23. The predicted molar refractivity (Wildman–Crippen MR) is 292 cm³/mol. The number of imidazole rings is 1. The van der Waals surface area contributed by atoms with E-state index in [1.54, 1.807) is 0 Å². The van der Waals surface area contributed by atoms with E-state index in [2.05, 4.69) is 231 Å². The molecule has 3 aromatic heterocycles. The van der Waals surface area contributed by atoms with Gasteiger partial charge in [0.1, 0.15) is 0 Å². The minimum absolute atomic E-state index is 0. The fraction of sp³-hybridized carbons (Fsp3) is 0.226. The van der Waals surface area contributed by atoms with E-state index in [1.165, 1.54) is 75.6 Å². The third-order valence-corrected chi connectivity index (χ3v) is 16.1. The molecule has 0 amide bonds. The number of nitrogens with zero attached hydrogens (tertiary/aromatic N) is 3. The maximum absolute atomic E-state index is 5.29. The number of hydrogen-bond acceptors (Lipinski definition) is 3. The van der Waals surface area contributed by atoms with Gasteiger partial charge in [-0.1, -0.05) is 176 Å². The van der Waals surface area contributed by atoms with Crippen molar-refractivity contribution in [2.45, 2.75) is 86.4 Å². The van der Waals surface area contributed by atoms with Gasteiger partial charge in [0, 0.05) is 36.7 Å². The molecule has 0 saturated heterocycles. The van der Waals surface area contributed by atoms with Crippen molar-refractivity contribution in [3.05, 3.63) is 192 Å². The molecule has 0 fully saturated rings. The molecular weight excluding hydrogens is 1040 g/mol. The summed E-state index contributed by atoms with van der Waals surface area (Å²) >= 11 is 1.85. The molecule has 0 N–H and O–H groups in total. The average Bonchev–Trinajstić information content (AvgIpc) is 3.91. The van der Waals surface area contributed by atoms with E-state index in [0.29, 0.717) is 17.8 Å². The minimum atomic E-state index is -1.40. The number of thiophene rings is 1. The minimum Gasteiger partial charge on any atom is -0.333 e. The molecule has 0 atom stereocenters. The molecular formula is C62H61IrN3SSi-2. The van der Waals surface area contributed by atoms with Crippen LogP contribution in [-0.4, -0.2) is 22.6 Å². The van der Waals surface area contributed by atoms with Crippen LogP contribution < -0.4 is 5.19 Å². The maximum atomic E-state index is 5.29. The average molecular weight is 1100 g/mol. The van der Waals surface area contributed by atoms with Crippen molar-refractivity contribution in [3.63, 3.8) is 0 Å². The number of pyridine rings is 1. The summed E-state index contributed by atoms with van der Waals surface area (Å²) in [6, 6.07) is 61.3. The second kappa shape index (κ2) is 20.5. The van der Waals surface area contributed by atoms with Gasteiger partial charge in [-0.15, -0.1) is 58.7 Å². The first-order valence-electron chi connectivity index (χ1n) is 23.9. The van der Waals surface area contributed by atoms with Gasteiger partial charge in [0.25, 0.3) is 0 Å². The molecule has 0 spiro atoms. The van der Waals surface area contributed by atoms with E-state index in [9.17, 15) is 0 Å². The summed E-state index contributed by atoms with van der Waals surface area (Å²) in [5, 5.41) is 4.06. The van der Waals surface area contributed by atoms with Crippen molar-refractivity contribution in [2.24, 2.45) is 5.92 Å². The normalized spacial score (nSPS) is 11.7. The first-order chi connectivity index (χ1) is 32.2. The van der Waals surface area contributed by atoms with Crippen LogP contribution in [0.4, 0.5) is 0 Å². The first-order valence-corrected chi connectivity index (χ1v) is 28.2. The fourth-order valence-electron chi connectivity index (χ4n) is 9.45. The monoisotopic (exact) mass is 1100 g/mol. The van der Waals surface area contributed by atoms with Gasteiger partial charge < -0.3 is 9.55 Å². The second-order valence-corrected chi connectivity index (χ2v) is 26.1. The summed E-state index contributed by atoms with van der Waals surface area (Å²) in [6.45, 7) is 23.2. The third kappa shape index (κ3) is 10.0. The number of aryl methyl sites for hydroxylation is 1. The van der Waals surface area contributed by atoms with Gasteiger partial charge in [0.05, 0.1) is 24.9 Å². The molecule has 0 aliphatic carbocycles. The molecule has 6 heteroatoms. The largest absolute Gasteiger partial charge is 0.333 e. The summed E-state index contributed by atoms with van der Waals surface area (Å²) in [5.41, 5.74) is 16.7. The van der Waals surface area contributed by atoms with E-state index in [0.717, 1.165) is 40.1 Å². The van der Waals surface area contributed by atoms with Gasteiger partial charge in [0.15, 0.2) is 0 Å². The van der Waals surface area contributed by atoms with Crippen LogP contribution in [0.3, 0.4) is 0 Å². The van der Waals surface area contributed by atoms with E-state index in [1.807, 2.05) is 23.5 Å². The van der Waals surface area contributed by atoms with E-state index < -0.39 is 8.07 Å². The van der Waals surface area contributed by atoms with Crippen molar-refractivity contribution < 1.29 is 20.1 Å². The Morgan fingerprint density at radius 1 is 0.632 bits per heavy atom. The molecule has 7 aromatic carbocycles. The molecule has 0 aliphatic heterocycles. The Morgan fingerprint density at radius 2 is 1.25 bits per heavy atom. The number of benzene rings is 7. The molecule has 1 radical (unpaired) electrons. The second-order valence-electron chi connectivity index (χ2n) is 20.0. The van der Waals surface area contributed by atoms with E-state index >= 15 is 0 Å². The Hall–Kier alpha value is -5.75. The number of aromatic nitrogens is 3. The van der Waals surface area contributed by atoms with Gasteiger partial charge in [-0.2, -0.15) is 11.3 Å². The molecule has 0 aliphatic rings. The van der Waals surface area contributed by atoms with Crippen LogP contribution in [0.5, 0.6) is 0 Å². The van der Waals surface area contributed by atoms with Crippen LogP contribution in [0.25, 0.3) is 81.8 Å². The topological polar surface area (TPSA) is 30.7 Å². The summed E-state index contributed by atoms with van der Waals surface area (Å²) < 4.78 is 5.03. The Balaban J connectivity index is 0.000000201. The molecule has 10 rings (SSSR count). The van der Waals surface area contributed by atoms with E-state index in [4.69, 9.17) is 9.97 Å². The number of fused-ring (bicyclic) bond motifs is 4. The Morgan fingerprint density at radius 3 is 1.90 bits per heavy atom. The zero-order valence-electron chi connectivity index (χ0n) is 41.0. The van der Waals surface area contributed by atoms with Gasteiger partial charge >= 0.3 is 0 Å². The van der Waals surface area contributed by atoms with Crippen molar-refractivity contribution >= 4 is 55.8 Å². The van der Waals surface area contributed by atoms with Crippen LogP contribution >= 0.6 is 11.3 Å². The van der Waals surface area contributed by atoms with Crippen LogP contribution in [0.15, 0.2) is 158 Å². The van der Waals surface area contributed by atoms with E-state index in [-0.39, 0.29) is 20.1 Å². The van der Waals surface area contributed by atoms with Gasteiger partial charge in [-0.05, 0) is 103 Å². The van der Waals surface area contributed by atoms with Crippen molar-refractivity contribution in [3.8, 4) is 50.6 Å². The maximum Gasteiger partial charge on any atom is 0.0798 e. The summed E-state index contributed by atoms with van der Waals surface area (Å²) in [4.78, 5) is 10.1. The van der Waals surface area contributed by atoms with Crippen LogP contribution in [0, 0.1) is 25.0 Å². The summed E-state index contributed by atoms with van der Waals surface area (Å²) in [5.74, 6) is 2.24. The zero-order valence-corrected chi connectivity index (χ0v) is 45.2. The molecule has 3 heterocycles. The summed E-state index contributed by atoms with van der Waals surface area (Å²) in [7, 11) is -1.40. The molecule has 0 saturated carbocycles. The molecule has 68 heavy (non-hydrogen) atoms. The van der Waals surface area contributed by atoms with Crippen LogP contribution in [0.2, 0.25) is 19.6 Å². The van der Waals surface area contributed by atoms with Crippen molar-refractivity contribution in [1.29, 1.82) is 0 Å². The SMILES string of the molecule is CC(C)Cc1cc(-c2[c-]ccc(-c3ccccc3)c2)ncc1[Si](C)(C)C.Cc1[c-]c(-c2nc3ccccc3n2-c2c(C(C)C)cc(-c3ccccc3)cc2C(C)C)cc2c1sc1ccccc12.[Ir]. The predicted octanol–water partition coefficient (Wildman–Crippen LogP) is 17.0. The van der Waals surface area contributed by atoms with Crippen LogP contribution in [0.1, 0.15) is 75.6 Å². The molecule has 3 nitrogen and oxygen atoms in total. The molecule has 345 valence electrons. The van der Waals surface area contributed by atoms with Gasteiger partial charge in [-0.25, -0.2) is 0 Å². The van der Waals surface area contributed by atoms with Crippen LogP contribution in [-0.2, 0) is 26.5 Å². The molecule has 10 aromatic rings. The number of rotatable bonds is 10. The Bertz CT molecular complexity index is 3330. The number of para-hydroxylation sites is 2. The van der Waals surface area contributed by atoms with Crippen molar-refractivity contribution in [2.75, 3.05) is 0 Å².